The Hall–Kier alpha value is -2.17. The average Bonchev–Trinajstić information content (AvgIpc) is 2.71. The topological polar surface area (TPSA) is 35.6 Å². The quantitative estimate of drug-likeness (QED) is 0.887. The van der Waals surface area contributed by atoms with Crippen LogP contribution in [0.2, 0.25) is 0 Å². The Kier molecular flexibility index (Phi) is 5.85. The highest BCUT2D eigenvalue weighted by molar-refractivity contribution is 5.78. The Balaban J connectivity index is 1.24. The van der Waals surface area contributed by atoms with Gasteiger partial charge in [0.1, 0.15) is 0 Å². The van der Waals surface area contributed by atoms with Crippen LogP contribution in [-0.4, -0.2) is 48.4 Å². The second-order valence-electron chi connectivity index (χ2n) is 7.75. The number of hydrogen-bond acceptors (Lipinski definition) is 3. The molecule has 1 atom stereocenters. The number of benzene rings is 2. The molecule has 142 valence electrons. The number of amides is 1. The van der Waals surface area contributed by atoms with Crippen LogP contribution in [0, 0.1) is 0 Å². The maximum atomic E-state index is 12.6. The minimum absolute atomic E-state index is 0.160. The number of aryl methyl sites for hydroxylation is 1. The van der Waals surface area contributed by atoms with E-state index in [2.05, 4.69) is 69.7 Å². The van der Waals surface area contributed by atoms with Gasteiger partial charge in [0.05, 0.1) is 12.6 Å². The Bertz CT molecular complexity index is 753. The molecule has 1 aliphatic carbocycles. The van der Waals surface area contributed by atoms with Crippen LogP contribution >= 0.6 is 0 Å². The molecule has 27 heavy (non-hydrogen) atoms. The fourth-order valence-corrected chi connectivity index (χ4v) is 4.29. The first-order valence-corrected chi connectivity index (χ1v) is 10.1. The molecule has 0 aromatic heterocycles. The van der Waals surface area contributed by atoms with Gasteiger partial charge in [-0.3, -0.25) is 14.6 Å². The van der Waals surface area contributed by atoms with E-state index < -0.39 is 0 Å². The van der Waals surface area contributed by atoms with E-state index in [4.69, 9.17) is 0 Å². The Morgan fingerprint density at radius 3 is 2.44 bits per heavy atom. The number of nitrogens with one attached hydrogen (secondary N) is 1. The Labute approximate surface area is 162 Å². The number of carbonyl (C=O) groups is 1. The molecule has 4 heteroatoms. The smallest absolute Gasteiger partial charge is 0.234 e. The lowest BCUT2D eigenvalue weighted by Gasteiger charge is -2.35. The van der Waals surface area contributed by atoms with Crippen molar-refractivity contribution in [3.63, 3.8) is 0 Å². The fourth-order valence-electron chi connectivity index (χ4n) is 4.29. The molecule has 0 saturated carbocycles. The van der Waals surface area contributed by atoms with Crippen molar-refractivity contribution in [3.05, 3.63) is 71.3 Å². The van der Waals surface area contributed by atoms with Gasteiger partial charge in [0.25, 0.3) is 0 Å². The zero-order valence-electron chi connectivity index (χ0n) is 15.9. The number of fused-ring (bicyclic) bond motifs is 1. The largest absolute Gasteiger partial charge is 0.348 e. The van der Waals surface area contributed by atoms with Crippen molar-refractivity contribution < 1.29 is 4.79 Å². The number of nitrogens with zero attached hydrogens (tertiary/aromatic N) is 2. The summed E-state index contributed by atoms with van der Waals surface area (Å²) in [6.07, 6.45) is 3.33. The van der Waals surface area contributed by atoms with Crippen molar-refractivity contribution in [1.29, 1.82) is 0 Å². The molecule has 2 aromatic carbocycles. The predicted octanol–water partition coefficient (Wildman–Crippen LogP) is 3.00. The fraction of sp³-hybridized carbons (Fsp3) is 0.435. The zero-order valence-corrected chi connectivity index (χ0v) is 15.9. The van der Waals surface area contributed by atoms with Gasteiger partial charge >= 0.3 is 0 Å². The monoisotopic (exact) mass is 363 g/mol. The van der Waals surface area contributed by atoms with Crippen LogP contribution < -0.4 is 5.32 Å². The van der Waals surface area contributed by atoms with E-state index in [-0.39, 0.29) is 11.9 Å². The van der Waals surface area contributed by atoms with Crippen LogP contribution in [0.4, 0.5) is 0 Å². The predicted molar refractivity (Wildman–Crippen MR) is 108 cm³/mol. The number of hydrogen-bond donors (Lipinski definition) is 1. The average molecular weight is 364 g/mol. The van der Waals surface area contributed by atoms with E-state index in [0.717, 1.165) is 52.0 Å². The lowest BCUT2D eigenvalue weighted by molar-refractivity contribution is -0.123. The molecular weight excluding hydrogens is 334 g/mol. The molecule has 1 aliphatic heterocycles. The van der Waals surface area contributed by atoms with Gasteiger partial charge in [-0.05, 0) is 36.0 Å². The summed E-state index contributed by atoms with van der Waals surface area (Å²) in [5.41, 5.74) is 4.06. The van der Waals surface area contributed by atoms with Crippen molar-refractivity contribution >= 4 is 5.91 Å². The molecule has 4 nitrogen and oxygen atoms in total. The molecular formula is C23H29N3O. The summed E-state index contributed by atoms with van der Waals surface area (Å²) in [7, 11) is 0. The molecule has 1 fully saturated rings. The molecule has 0 unspecified atom stereocenters. The maximum Gasteiger partial charge on any atom is 0.234 e. The molecule has 0 spiro atoms. The first kappa shape index (κ1) is 18.2. The third-order valence-corrected chi connectivity index (χ3v) is 5.79. The Morgan fingerprint density at radius 1 is 0.926 bits per heavy atom. The Morgan fingerprint density at radius 2 is 1.63 bits per heavy atom. The highest BCUT2D eigenvalue weighted by Crippen LogP contribution is 2.29. The third kappa shape index (κ3) is 4.76. The summed E-state index contributed by atoms with van der Waals surface area (Å²) in [6.45, 7) is 5.48. The number of piperazine rings is 1. The molecule has 0 radical (unpaired) electrons. The van der Waals surface area contributed by atoms with E-state index in [1.165, 1.54) is 16.7 Å². The SMILES string of the molecule is O=C(CN1CCN(Cc2ccccc2)CC1)N[C@H]1CCCc2ccccc21. The summed E-state index contributed by atoms with van der Waals surface area (Å²) in [6, 6.07) is 19.3. The van der Waals surface area contributed by atoms with Crippen molar-refractivity contribution in [1.82, 2.24) is 15.1 Å². The normalized spacial score (nSPS) is 20.8. The summed E-state index contributed by atoms with van der Waals surface area (Å²) in [4.78, 5) is 17.4. The molecule has 2 aliphatic rings. The maximum absolute atomic E-state index is 12.6. The van der Waals surface area contributed by atoms with E-state index in [0.29, 0.717) is 6.54 Å². The molecule has 2 aromatic rings. The molecule has 1 heterocycles. The van der Waals surface area contributed by atoms with Gasteiger partial charge in [0.2, 0.25) is 5.91 Å². The van der Waals surface area contributed by atoms with Gasteiger partial charge in [-0.15, -0.1) is 0 Å². The minimum Gasteiger partial charge on any atom is -0.348 e. The van der Waals surface area contributed by atoms with Crippen molar-refractivity contribution in [2.75, 3.05) is 32.7 Å². The van der Waals surface area contributed by atoms with Crippen LogP contribution in [0.5, 0.6) is 0 Å². The molecule has 0 bridgehead atoms. The highest BCUT2D eigenvalue weighted by Gasteiger charge is 2.23. The summed E-state index contributed by atoms with van der Waals surface area (Å²) < 4.78 is 0. The van der Waals surface area contributed by atoms with Gasteiger partial charge in [-0.1, -0.05) is 54.6 Å². The lowest BCUT2D eigenvalue weighted by atomic mass is 9.88. The van der Waals surface area contributed by atoms with Crippen molar-refractivity contribution in [3.8, 4) is 0 Å². The first-order chi connectivity index (χ1) is 13.3. The number of rotatable bonds is 5. The van der Waals surface area contributed by atoms with Gasteiger partial charge in [-0.2, -0.15) is 0 Å². The zero-order chi connectivity index (χ0) is 18.5. The second kappa shape index (κ2) is 8.68. The van der Waals surface area contributed by atoms with Crippen LogP contribution in [0.1, 0.15) is 35.6 Å². The third-order valence-electron chi connectivity index (χ3n) is 5.79. The van der Waals surface area contributed by atoms with Crippen molar-refractivity contribution in [2.45, 2.75) is 31.8 Å². The first-order valence-electron chi connectivity index (χ1n) is 10.1. The number of carbonyl (C=O) groups excluding carboxylic acids is 1. The van der Waals surface area contributed by atoms with E-state index in [1.54, 1.807) is 0 Å². The summed E-state index contributed by atoms with van der Waals surface area (Å²) in [5, 5.41) is 3.28. The highest BCUT2D eigenvalue weighted by atomic mass is 16.2. The van der Waals surface area contributed by atoms with E-state index in [9.17, 15) is 4.79 Å². The molecule has 4 rings (SSSR count). The van der Waals surface area contributed by atoms with Crippen LogP contribution in [0.15, 0.2) is 54.6 Å². The molecule has 1 N–H and O–H groups in total. The van der Waals surface area contributed by atoms with Crippen molar-refractivity contribution in [2.24, 2.45) is 0 Å². The van der Waals surface area contributed by atoms with E-state index >= 15 is 0 Å². The minimum atomic E-state index is 0.160. The van der Waals surface area contributed by atoms with Crippen LogP contribution in [0.25, 0.3) is 0 Å². The van der Waals surface area contributed by atoms with Gasteiger partial charge < -0.3 is 5.32 Å². The lowest BCUT2D eigenvalue weighted by Crippen LogP contribution is -2.49. The van der Waals surface area contributed by atoms with Gasteiger partial charge in [-0.25, -0.2) is 0 Å². The van der Waals surface area contributed by atoms with Crippen LogP contribution in [-0.2, 0) is 17.8 Å². The molecule has 1 amide bonds. The van der Waals surface area contributed by atoms with Gasteiger partial charge in [0.15, 0.2) is 0 Å². The molecule has 1 saturated heterocycles. The van der Waals surface area contributed by atoms with Gasteiger partial charge in [0, 0.05) is 32.7 Å². The van der Waals surface area contributed by atoms with E-state index in [1.807, 2.05) is 0 Å². The second-order valence-corrected chi connectivity index (χ2v) is 7.75. The standard InChI is InChI=1S/C23H29N3O/c27-23(24-22-12-6-10-20-9-4-5-11-21(20)22)18-26-15-13-25(14-16-26)17-19-7-2-1-3-8-19/h1-5,7-9,11,22H,6,10,12-18H2,(H,24,27)/t22-/m0/s1. The van der Waals surface area contributed by atoms with Crippen LogP contribution in [0.3, 0.4) is 0 Å². The summed E-state index contributed by atoms with van der Waals surface area (Å²) >= 11 is 0. The summed E-state index contributed by atoms with van der Waals surface area (Å²) in [5.74, 6) is 0.160.